The average Bonchev–Trinajstić information content (AvgIpc) is 2.94. The summed E-state index contributed by atoms with van der Waals surface area (Å²) in [7, 11) is -4.31. The fourth-order valence-electron chi connectivity index (χ4n) is 3.90. The van der Waals surface area contributed by atoms with Gasteiger partial charge in [-0.2, -0.15) is 0 Å². The van der Waals surface area contributed by atoms with Gasteiger partial charge in [0, 0.05) is 13.1 Å². The number of nitrogens with zero attached hydrogens (tertiary/aromatic N) is 2. The second-order valence-corrected chi connectivity index (χ2v) is 10.9. The highest BCUT2D eigenvalue weighted by molar-refractivity contribution is 7.92. The molecule has 214 valence electrons. The summed E-state index contributed by atoms with van der Waals surface area (Å²) in [5, 5.41) is 2.75. The molecule has 3 rings (SSSR count). The Bertz CT molecular complexity index is 1380. The highest BCUT2D eigenvalue weighted by atomic mass is 32.2. The van der Waals surface area contributed by atoms with Gasteiger partial charge in [-0.25, -0.2) is 17.2 Å². The molecular weight excluding hydrogens is 540 g/mol. The van der Waals surface area contributed by atoms with E-state index in [1.54, 1.807) is 6.92 Å². The van der Waals surface area contributed by atoms with Crippen molar-refractivity contribution in [2.45, 2.75) is 44.7 Å². The van der Waals surface area contributed by atoms with Crippen LogP contribution in [0.15, 0.2) is 77.7 Å². The van der Waals surface area contributed by atoms with Crippen molar-refractivity contribution in [1.29, 1.82) is 0 Å². The lowest BCUT2D eigenvalue weighted by atomic mass is 10.1. The molecule has 1 N–H and O–H groups in total. The smallest absolute Gasteiger partial charge is 0.264 e. The monoisotopic (exact) mass is 573 g/mol. The van der Waals surface area contributed by atoms with Crippen LogP contribution in [-0.2, 0) is 26.2 Å². The first-order valence-corrected chi connectivity index (χ1v) is 14.3. The molecule has 0 spiro atoms. The Kier molecular flexibility index (Phi) is 10.6. The predicted molar refractivity (Wildman–Crippen MR) is 148 cm³/mol. The third-order valence-corrected chi connectivity index (χ3v) is 7.89. The Morgan fingerprint density at radius 2 is 1.48 bits per heavy atom. The molecule has 11 heteroatoms. The molecule has 0 heterocycles. The number of halogens is 2. The van der Waals surface area contributed by atoms with Gasteiger partial charge in [0.05, 0.1) is 17.2 Å². The van der Waals surface area contributed by atoms with Crippen LogP contribution in [0.2, 0.25) is 0 Å². The van der Waals surface area contributed by atoms with Crippen molar-refractivity contribution >= 4 is 27.5 Å². The van der Waals surface area contributed by atoms with E-state index in [1.807, 2.05) is 6.92 Å². The summed E-state index contributed by atoms with van der Waals surface area (Å²) in [6.45, 7) is 5.28. The Morgan fingerprint density at radius 1 is 0.900 bits per heavy atom. The van der Waals surface area contributed by atoms with Gasteiger partial charge in [-0.05, 0) is 86.5 Å². The van der Waals surface area contributed by atoms with Crippen molar-refractivity contribution < 1.29 is 31.5 Å². The van der Waals surface area contributed by atoms with Gasteiger partial charge in [-0.3, -0.25) is 13.9 Å². The van der Waals surface area contributed by atoms with Crippen LogP contribution in [0.1, 0.15) is 32.8 Å². The molecule has 0 aromatic heterocycles. The van der Waals surface area contributed by atoms with E-state index in [4.69, 9.17) is 4.74 Å². The van der Waals surface area contributed by atoms with Crippen LogP contribution in [-0.4, -0.2) is 50.9 Å². The molecule has 0 saturated carbocycles. The van der Waals surface area contributed by atoms with Crippen molar-refractivity contribution in [3.8, 4) is 5.75 Å². The minimum absolute atomic E-state index is 0.0634. The molecule has 0 radical (unpaired) electrons. The lowest BCUT2D eigenvalue weighted by molar-refractivity contribution is -0.139. The number of sulfonamides is 1. The molecule has 3 aromatic carbocycles. The first-order valence-electron chi connectivity index (χ1n) is 12.9. The number of carbonyl (C=O) groups is 2. The second kappa shape index (κ2) is 13.9. The van der Waals surface area contributed by atoms with Gasteiger partial charge < -0.3 is 15.0 Å². The number of anilines is 1. The van der Waals surface area contributed by atoms with Gasteiger partial charge >= 0.3 is 0 Å². The van der Waals surface area contributed by atoms with Crippen LogP contribution < -0.4 is 14.4 Å². The lowest BCUT2D eigenvalue weighted by Gasteiger charge is -2.32. The molecule has 3 aromatic rings. The number of hydrogen-bond acceptors (Lipinski definition) is 5. The Labute approximate surface area is 233 Å². The van der Waals surface area contributed by atoms with Crippen molar-refractivity contribution in [3.63, 3.8) is 0 Å². The van der Waals surface area contributed by atoms with Crippen molar-refractivity contribution in [2.24, 2.45) is 0 Å². The molecule has 0 aliphatic rings. The Balaban J connectivity index is 2.00. The topological polar surface area (TPSA) is 96.0 Å². The summed E-state index contributed by atoms with van der Waals surface area (Å²) < 4.78 is 61.1. The van der Waals surface area contributed by atoms with E-state index < -0.39 is 46.1 Å². The van der Waals surface area contributed by atoms with Gasteiger partial charge in [-0.15, -0.1) is 0 Å². The maximum Gasteiger partial charge on any atom is 0.264 e. The van der Waals surface area contributed by atoms with E-state index in [2.05, 4.69) is 5.32 Å². The minimum atomic E-state index is -4.31. The van der Waals surface area contributed by atoms with Gasteiger partial charge in [0.25, 0.3) is 10.0 Å². The summed E-state index contributed by atoms with van der Waals surface area (Å²) in [4.78, 5) is 27.7. The molecule has 1 atom stereocenters. The molecule has 8 nitrogen and oxygen atoms in total. The van der Waals surface area contributed by atoms with Gasteiger partial charge in [0.15, 0.2) is 0 Å². The molecule has 0 aliphatic carbocycles. The molecule has 0 bridgehead atoms. The maximum absolute atomic E-state index is 13.8. The first kappa shape index (κ1) is 30.6. The third-order valence-electron chi connectivity index (χ3n) is 6.10. The van der Waals surface area contributed by atoms with Gasteiger partial charge in [-0.1, -0.05) is 19.1 Å². The molecule has 1 unspecified atom stereocenters. The van der Waals surface area contributed by atoms with Gasteiger partial charge in [0.1, 0.15) is 30.0 Å². The summed E-state index contributed by atoms with van der Waals surface area (Å²) in [5.41, 5.74) is 0.612. The number of rotatable bonds is 13. The summed E-state index contributed by atoms with van der Waals surface area (Å²) in [6, 6.07) is 14.9. The van der Waals surface area contributed by atoms with Crippen LogP contribution in [0.25, 0.3) is 0 Å². The summed E-state index contributed by atoms with van der Waals surface area (Å²) in [6.07, 6.45) is 0.684. The normalized spacial score (nSPS) is 11.9. The number of ether oxygens (including phenoxy) is 1. The highest BCUT2D eigenvalue weighted by Crippen LogP contribution is 2.26. The van der Waals surface area contributed by atoms with E-state index in [0.29, 0.717) is 30.9 Å². The lowest BCUT2D eigenvalue weighted by Crippen LogP contribution is -2.51. The average molecular weight is 574 g/mol. The van der Waals surface area contributed by atoms with Crippen LogP contribution in [0.3, 0.4) is 0 Å². The van der Waals surface area contributed by atoms with Gasteiger partial charge in [0.2, 0.25) is 11.8 Å². The minimum Gasteiger partial charge on any atom is -0.494 e. The molecule has 0 fully saturated rings. The maximum atomic E-state index is 13.8. The standard InChI is InChI=1S/C29H33F2N3O5S/c1-4-18-32-29(36)21(3)33(19-22-6-8-23(30)9-7-22)28(35)20-34(25-12-10-24(31)11-13-25)40(37,38)27-16-14-26(15-17-27)39-5-2/h6-17,21H,4-5,18-20H2,1-3H3,(H,32,36). The molecule has 2 amide bonds. The van der Waals surface area contributed by atoms with Crippen molar-refractivity contribution in [3.05, 3.63) is 90.0 Å². The zero-order valence-corrected chi connectivity index (χ0v) is 23.5. The van der Waals surface area contributed by atoms with Crippen LogP contribution in [0, 0.1) is 11.6 Å². The zero-order valence-electron chi connectivity index (χ0n) is 22.6. The van der Waals surface area contributed by atoms with Crippen LogP contribution in [0.5, 0.6) is 5.75 Å². The predicted octanol–water partition coefficient (Wildman–Crippen LogP) is 4.50. The quantitative estimate of drug-likeness (QED) is 0.325. The fraction of sp³-hybridized carbons (Fsp3) is 0.310. The van der Waals surface area contributed by atoms with E-state index in [0.717, 1.165) is 16.4 Å². The van der Waals surface area contributed by atoms with Crippen molar-refractivity contribution in [1.82, 2.24) is 10.2 Å². The number of carbonyl (C=O) groups excluding carboxylic acids is 2. The number of hydrogen-bond donors (Lipinski definition) is 1. The molecule has 40 heavy (non-hydrogen) atoms. The summed E-state index contributed by atoms with van der Waals surface area (Å²) in [5.74, 6) is -1.66. The Hall–Kier alpha value is -3.99. The van der Waals surface area contributed by atoms with Crippen molar-refractivity contribution in [2.75, 3.05) is 24.0 Å². The number of benzene rings is 3. The van der Waals surface area contributed by atoms with E-state index in [1.165, 1.54) is 72.5 Å². The largest absolute Gasteiger partial charge is 0.494 e. The van der Waals surface area contributed by atoms with Crippen LogP contribution in [0.4, 0.5) is 14.5 Å². The van der Waals surface area contributed by atoms with E-state index in [9.17, 15) is 26.8 Å². The zero-order chi connectivity index (χ0) is 29.3. The number of nitrogens with one attached hydrogen (secondary N) is 1. The SMILES string of the molecule is CCCNC(=O)C(C)N(Cc1ccc(F)cc1)C(=O)CN(c1ccc(F)cc1)S(=O)(=O)c1ccc(OCC)cc1. The second-order valence-electron chi connectivity index (χ2n) is 9.01. The van der Waals surface area contributed by atoms with E-state index >= 15 is 0 Å². The van der Waals surface area contributed by atoms with Crippen LogP contribution >= 0.6 is 0 Å². The molecular formula is C29H33F2N3O5S. The summed E-state index contributed by atoms with van der Waals surface area (Å²) >= 11 is 0. The molecule has 0 saturated heterocycles. The first-order chi connectivity index (χ1) is 19.1. The number of amides is 2. The Morgan fingerprint density at radius 3 is 2.02 bits per heavy atom. The fourth-order valence-corrected chi connectivity index (χ4v) is 5.32. The third kappa shape index (κ3) is 7.78. The highest BCUT2D eigenvalue weighted by Gasteiger charge is 2.32. The van der Waals surface area contributed by atoms with E-state index in [-0.39, 0.29) is 17.1 Å². The molecule has 0 aliphatic heterocycles.